The van der Waals surface area contributed by atoms with Crippen molar-refractivity contribution >= 4 is 29.1 Å². The molecule has 0 saturated carbocycles. The van der Waals surface area contributed by atoms with Gasteiger partial charge in [-0.2, -0.15) is 11.8 Å². The number of thiazole rings is 1. The largest absolute Gasteiger partial charge is 0.477 e. The van der Waals surface area contributed by atoms with Crippen molar-refractivity contribution in [1.29, 1.82) is 0 Å². The van der Waals surface area contributed by atoms with Crippen LogP contribution in [0.1, 0.15) is 39.8 Å². The Labute approximate surface area is 115 Å². The first-order chi connectivity index (χ1) is 8.63. The molecule has 0 bridgehead atoms. The van der Waals surface area contributed by atoms with Gasteiger partial charge in [-0.05, 0) is 13.5 Å². The number of carboxylic acids is 1. The molecule has 1 aliphatic rings. The molecule has 2 heterocycles. The SMILES string of the molecule is CCCc1nc(C2CSCCN2C)sc1C(=O)O. The number of thioether (sulfide) groups is 1. The van der Waals surface area contributed by atoms with E-state index in [-0.39, 0.29) is 6.04 Å². The smallest absolute Gasteiger partial charge is 0.347 e. The van der Waals surface area contributed by atoms with Crippen molar-refractivity contribution < 1.29 is 9.90 Å². The van der Waals surface area contributed by atoms with Gasteiger partial charge in [0.2, 0.25) is 0 Å². The Morgan fingerprint density at radius 2 is 2.39 bits per heavy atom. The Hall–Kier alpha value is -0.590. The first kappa shape index (κ1) is 13.8. The lowest BCUT2D eigenvalue weighted by atomic mass is 10.2. The van der Waals surface area contributed by atoms with Crippen LogP contribution >= 0.6 is 23.1 Å². The minimum atomic E-state index is -0.840. The highest BCUT2D eigenvalue weighted by Gasteiger charge is 2.27. The number of hydrogen-bond acceptors (Lipinski definition) is 5. The Kier molecular flexibility index (Phi) is 4.64. The molecule has 1 fully saturated rings. The van der Waals surface area contributed by atoms with Gasteiger partial charge in [-0.15, -0.1) is 11.3 Å². The zero-order valence-electron chi connectivity index (χ0n) is 10.7. The van der Waals surface area contributed by atoms with Crippen LogP contribution in [0, 0.1) is 0 Å². The predicted molar refractivity (Wildman–Crippen MR) is 75.8 cm³/mol. The van der Waals surface area contributed by atoms with Gasteiger partial charge < -0.3 is 5.11 Å². The molecule has 1 N–H and O–H groups in total. The lowest BCUT2D eigenvalue weighted by Crippen LogP contribution is -2.32. The molecule has 4 nitrogen and oxygen atoms in total. The van der Waals surface area contributed by atoms with Crippen LogP contribution in [0.25, 0.3) is 0 Å². The summed E-state index contributed by atoms with van der Waals surface area (Å²) in [5, 5.41) is 10.2. The summed E-state index contributed by atoms with van der Waals surface area (Å²) in [6.45, 7) is 3.09. The fourth-order valence-electron chi connectivity index (χ4n) is 2.03. The van der Waals surface area contributed by atoms with E-state index < -0.39 is 5.97 Å². The van der Waals surface area contributed by atoms with Gasteiger partial charge in [-0.1, -0.05) is 13.3 Å². The average molecular weight is 286 g/mol. The van der Waals surface area contributed by atoms with E-state index in [1.807, 2.05) is 18.7 Å². The predicted octanol–water partition coefficient (Wildman–Crippen LogP) is 2.51. The van der Waals surface area contributed by atoms with Gasteiger partial charge in [-0.25, -0.2) is 9.78 Å². The Morgan fingerprint density at radius 1 is 1.61 bits per heavy atom. The maximum absolute atomic E-state index is 11.2. The zero-order valence-corrected chi connectivity index (χ0v) is 12.3. The van der Waals surface area contributed by atoms with Crippen LogP contribution < -0.4 is 0 Å². The van der Waals surface area contributed by atoms with E-state index in [4.69, 9.17) is 0 Å². The highest BCUT2D eigenvalue weighted by Crippen LogP contribution is 2.32. The van der Waals surface area contributed by atoms with E-state index in [1.54, 1.807) is 0 Å². The van der Waals surface area contributed by atoms with Crippen LogP contribution in [-0.2, 0) is 6.42 Å². The quantitative estimate of drug-likeness (QED) is 0.921. The number of aryl methyl sites for hydroxylation is 1. The lowest BCUT2D eigenvalue weighted by molar-refractivity contribution is 0.0700. The molecule has 18 heavy (non-hydrogen) atoms. The summed E-state index contributed by atoms with van der Waals surface area (Å²) in [4.78, 5) is 18.5. The molecular formula is C12H18N2O2S2. The van der Waals surface area contributed by atoms with Crippen LogP contribution in [0.3, 0.4) is 0 Å². The second-order valence-electron chi connectivity index (χ2n) is 4.45. The summed E-state index contributed by atoms with van der Waals surface area (Å²) in [6, 6.07) is 0.275. The number of aromatic carboxylic acids is 1. The summed E-state index contributed by atoms with van der Waals surface area (Å²) in [7, 11) is 2.09. The molecule has 0 aromatic carbocycles. The molecule has 1 aliphatic heterocycles. The van der Waals surface area contributed by atoms with Crippen molar-refractivity contribution in [2.24, 2.45) is 0 Å². The van der Waals surface area contributed by atoms with Crippen LogP contribution in [0.2, 0.25) is 0 Å². The normalized spacial score (nSPS) is 21.1. The number of nitrogens with zero attached hydrogens (tertiary/aromatic N) is 2. The molecule has 1 saturated heterocycles. The first-order valence-corrected chi connectivity index (χ1v) is 8.11. The fourth-order valence-corrected chi connectivity index (χ4v) is 4.47. The van der Waals surface area contributed by atoms with Crippen LogP contribution in [0.5, 0.6) is 0 Å². The van der Waals surface area contributed by atoms with Crippen molar-refractivity contribution in [3.63, 3.8) is 0 Å². The van der Waals surface area contributed by atoms with Crippen LogP contribution in [0.15, 0.2) is 0 Å². The maximum Gasteiger partial charge on any atom is 0.347 e. The topological polar surface area (TPSA) is 53.4 Å². The number of carbonyl (C=O) groups is 1. The van der Waals surface area contributed by atoms with E-state index in [0.717, 1.165) is 41.6 Å². The Balaban J connectivity index is 2.27. The van der Waals surface area contributed by atoms with Crippen molar-refractivity contribution in [1.82, 2.24) is 9.88 Å². The number of aromatic nitrogens is 1. The van der Waals surface area contributed by atoms with E-state index in [2.05, 4.69) is 16.9 Å². The van der Waals surface area contributed by atoms with Gasteiger partial charge in [0.15, 0.2) is 0 Å². The zero-order chi connectivity index (χ0) is 13.1. The number of hydrogen-bond donors (Lipinski definition) is 1. The standard InChI is InChI=1S/C12H18N2O2S2/c1-3-4-8-10(12(15)16)18-11(13-8)9-7-17-6-5-14(9)2/h9H,3-7H2,1-2H3,(H,15,16). The molecule has 0 amide bonds. The van der Waals surface area contributed by atoms with E-state index in [9.17, 15) is 9.90 Å². The number of carboxylic acid groups (broad SMARTS) is 1. The van der Waals surface area contributed by atoms with Gasteiger partial charge in [0.05, 0.1) is 11.7 Å². The van der Waals surface area contributed by atoms with Gasteiger partial charge in [0.25, 0.3) is 0 Å². The monoisotopic (exact) mass is 286 g/mol. The van der Waals surface area contributed by atoms with Gasteiger partial charge in [0, 0.05) is 18.1 Å². The fraction of sp³-hybridized carbons (Fsp3) is 0.667. The molecule has 0 radical (unpaired) electrons. The maximum atomic E-state index is 11.2. The highest BCUT2D eigenvalue weighted by atomic mass is 32.2. The molecule has 6 heteroatoms. The van der Waals surface area contributed by atoms with Gasteiger partial charge in [0.1, 0.15) is 9.88 Å². The van der Waals surface area contributed by atoms with Gasteiger partial charge in [-0.3, -0.25) is 4.90 Å². The summed E-state index contributed by atoms with van der Waals surface area (Å²) < 4.78 is 0. The van der Waals surface area contributed by atoms with Crippen molar-refractivity contribution in [2.75, 3.05) is 25.1 Å². The molecule has 2 rings (SSSR count). The van der Waals surface area contributed by atoms with Crippen LogP contribution in [-0.4, -0.2) is 46.1 Å². The summed E-state index contributed by atoms with van der Waals surface area (Å²) >= 11 is 3.27. The van der Waals surface area contributed by atoms with Crippen molar-refractivity contribution in [3.05, 3.63) is 15.6 Å². The second kappa shape index (κ2) is 6.04. The first-order valence-electron chi connectivity index (χ1n) is 6.14. The number of rotatable bonds is 4. The third-order valence-electron chi connectivity index (χ3n) is 3.08. The second-order valence-corrected chi connectivity index (χ2v) is 6.63. The minimum absolute atomic E-state index is 0.275. The summed E-state index contributed by atoms with van der Waals surface area (Å²) in [6.07, 6.45) is 1.68. The third kappa shape index (κ3) is 2.87. The molecule has 0 aliphatic carbocycles. The molecule has 100 valence electrons. The minimum Gasteiger partial charge on any atom is -0.477 e. The average Bonchev–Trinajstić information content (AvgIpc) is 2.74. The van der Waals surface area contributed by atoms with Crippen molar-refractivity contribution in [3.8, 4) is 0 Å². The Morgan fingerprint density at radius 3 is 3.00 bits per heavy atom. The molecule has 1 aromatic rings. The van der Waals surface area contributed by atoms with Crippen molar-refractivity contribution in [2.45, 2.75) is 25.8 Å². The van der Waals surface area contributed by atoms with E-state index in [0.29, 0.717) is 4.88 Å². The summed E-state index contributed by atoms with van der Waals surface area (Å²) in [5.41, 5.74) is 0.758. The van der Waals surface area contributed by atoms with Gasteiger partial charge >= 0.3 is 5.97 Å². The highest BCUT2D eigenvalue weighted by molar-refractivity contribution is 7.99. The molecule has 1 atom stereocenters. The van der Waals surface area contributed by atoms with Crippen LogP contribution in [0.4, 0.5) is 0 Å². The summed E-state index contributed by atoms with van der Waals surface area (Å²) in [5.74, 6) is 1.31. The van der Waals surface area contributed by atoms with E-state index in [1.165, 1.54) is 11.3 Å². The molecule has 1 aromatic heterocycles. The molecule has 0 spiro atoms. The molecular weight excluding hydrogens is 268 g/mol. The lowest BCUT2D eigenvalue weighted by Gasteiger charge is -2.30. The third-order valence-corrected chi connectivity index (χ3v) is 5.29. The van der Waals surface area contributed by atoms with E-state index >= 15 is 0 Å². The Bertz CT molecular complexity index is 434. The molecule has 1 unspecified atom stereocenters.